The quantitative estimate of drug-likeness (QED) is 0.248. The van der Waals surface area contributed by atoms with Gasteiger partial charge in [0.25, 0.3) is 0 Å². The van der Waals surface area contributed by atoms with Gasteiger partial charge in [-0.05, 0) is 108 Å². The van der Waals surface area contributed by atoms with Crippen LogP contribution in [0.2, 0.25) is 5.22 Å². The Morgan fingerprint density at radius 3 is 2.25 bits per heavy atom. The van der Waals surface area contributed by atoms with Gasteiger partial charge in [0.1, 0.15) is 23.7 Å². The third-order valence-electron chi connectivity index (χ3n) is 6.91. The first kappa shape index (κ1) is 24.5. The second kappa shape index (κ2) is 11.2. The molecular formula is C31H32ClNO3. The van der Waals surface area contributed by atoms with E-state index in [0.29, 0.717) is 11.8 Å². The van der Waals surface area contributed by atoms with E-state index in [1.165, 1.54) is 37.9 Å². The van der Waals surface area contributed by atoms with Gasteiger partial charge < -0.3 is 14.3 Å². The maximum atomic E-state index is 9.90. The van der Waals surface area contributed by atoms with E-state index >= 15 is 0 Å². The molecule has 1 aliphatic rings. The fourth-order valence-electron chi connectivity index (χ4n) is 5.06. The minimum absolute atomic E-state index is 0.253. The molecule has 0 atom stereocenters. The highest BCUT2D eigenvalue weighted by Crippen LogP contribution is 2.37. The molecule has 1 N–H and O–H groups in total. The van der Waals surface area contributed by atoms with Gasteiger partial charge in [-0.15, -0.1) is 0 Å². The Hall–Kier alpha value is -3.21. The fourth-order valence-corrected chi connectivity index (χ4v) is 5.26. The molecule has 36 heavy (non-hydrogen) atoms. The molecule has 3 aromatic carbocycles. The molecule has 5 heteroatoms. The van der Waals surface area contributed by atoms with E-state index in [1.54, 1.807) is 12.1 Å². The van der Waals surface area contributed by atoms with E-state index in [1.807, 2.05) is 24.3 Å². The van der Waals surface area contributed by atoms with Crippen LogP contribution in [0.3, 0.4) is 0 Å². The third kappa shape index (κ3) is 5.61. The van der Waals surface area contributed by atoms with Gasteiger partial charge in [0.15, 0.2) is 5.22 Å². The topological polar surface area (TPSA) is 45.8 Å². The minimum Gasteiger partial charge on any atom is -0.508 e. The number of rotatable bonds is 8. The van der Waals surface area contributed by atoms with Gasteiger partial charge in [0, 0.05) is 18.0 Å². The summed E-state index contributed by atoms with van der Waals surface area (Å²) in [5, 5.41) is 11.3. The van der Waals surface area contributed by atoms with Gasteiger partial charge in [0.2, 0.25) is 0 Å². The summed E-state index contributed by atoms with van der Waals surface area (Å²) < 4.78 is 11.6. The molecule has 1 saturated heterocycles. The summed E-state index contributed by atoms with van der Waals surface area (Å²) >= 11 is 6.10. The maximum Gasteiger partial charge on any atom is 0.194 e. The van der Waals surface area contributed by atoms with E-state index in [4.69, 9.17) is 20.8 Å². The first-order chi connectivity index (χ1) is 17.6. The number of halogens is 1. The number of hydrogen-bond acceptors (Lipinski definition) is 4. The second-order valence-electron chi connectivity index (χ2n) is 9.33. The summed E-state index contributed by atoms with van der Waals surface area (Å²) in [5.74, 6) is 1.14. The molecule has 4 aromatic rings. The van der Waals surface area contributed by atoms with E-state index in [9.17, 15) is 5.11 Å². The lowest BCUT2D eigenvalue weighted by Gasteiger charge is -2.26. The number of phenols is 1. The van der Waals surface area contributed by atoms with Crippen LogP contribution < -0.4 is 4.74 Å². The number of ether oxygens (including phenoxy) is 1. The monoisotopic (exact) mass is 501 g/mol. The molecule has 186 valence electrons. The van der Waals surface area contributed by atoms with Crippen LogP contribution in [-0.4, -0.2) is 36.2 Å². The summed E-state index contributed by atoms with van der Waals surface area (Å²) in [5.41, 5.74) is 6.38. The van der Waals surface area contributed by atoms with E-state index in [2.05, 4.69) is 48.2 Å². The SMILES string of the molecule is CC/C(=C(\c1ccc(O)cc1)c1ccc(OCCN2CCCCC2)cc1)c1ccc2oc(Cl)cc2c1. The Kier molecular flexibility index (Phi) is 7.64. The zero-order valence-electron chi connectivity index (χ0n) is 20.7. The molecule has 2 heterocycles. The number of allylic oxidation sites excluding steroid dienone is 1. The average Bonchev–Trinajstić information content (AvgIpc) is 3.28. The lowest BCUT2D eigenvalue weighted by atomic mass is 9.88. The van der Waals surface area contributed by atoms with Crippen LogP contribution in [0, 0.1) is 0 Å². The van der Waals surface area contributed by atoms with Crippen LogP contribution in [0.1, 0.15) is 49.3 Å². The van der Waals surface area contributed by atoms with Crippen molar-refractivity contribution in [3.05, 3.63) is 94.7 Å². The number of nitrogens with zero attached hydrogens (tertiary/aromatic N) is 1. The smallest absolute Gasteiger partial charge is 0.194 e. The maximum absolute atomic E-state index is 9.90. The average molecular weight is 502 g/mol. The summed E-state index contributed by atoms with van der Waals surface area (Å²) in [7, 11) is 0. The predicted molar refractivity (Wildman–Crippen MR) is 148 cm³/mol. The standard InChI is InChI=1S/C31H32ClNO3/c1-2-28(24-10-15-29-25(20-24)21-30(32)36-29)31(22-6-11-26(34)12-7-22)23-8-13-27(14-9-23)35-19-18-33-16-4-3-5-17-33/h6-15,20-21,34H,2-5,16-19H2,1H3/b31-28-. The molecule has 4 nitrogen and oxygen atoms in total. The van der Waals surface area contributed by atoms with Gasteiger partial charge >= 0.3 is 0 Å². The predicted octanol–water partition coefficient (Wildman–Crippen LogP) is 8.03. The van der Waals surface area contributed by atoms with Crippen LogP contribution >= 0.6 is 11.6 Å². The fraction of sp³-hybridized carbons (Fsp3) is 0.290. The van der Waals surface area contributed by atoms with Crippen molar-refractivity contribution in [2.24, 2.45) is 0 Å². The molecule has 1 fully saturated rings. The van der Waals surface area contributed by atoms with Crippen molar-refractivity contribution in [2.45, 2.75) is 32.6 Å². The number of piperidine rings is 1. The highest BCUT2D eigenvalue weighted by atomic mass is 35.5. The lowest BCUT2D eigenvalue weighted by Crippen LogP contribution is -2.33. The summed E-state index contributed by atoms with van der Waals surface area (Å²) in [4.78, 5) is 2.49. The van der Waals surface area contributed by atoms with Crippen molar-refractivity contribution in [1.82, 2.24) is 4.90 Å². The largest absolute Gasteiger partial charge is 0.508 e. The Morgan fingerprint density at radius 1 is 0.889 bits per heavy atom. The molecule has 0 bridgehead atoms. The summed E-state index contributed by atoms with van der Waals surface area (Å²) in [6, 6.07) is 23.8. The van der Waals surface area contributed by atoms with Gasteiger partial charge in [-0.25, -0.2) is 0 Å². The molecule has 0 unspecified atom stereocenters. The number of aromatic hydroxyl groups is 1. The Labute approximate surface area is 217 Å². The first-order valence-electron chi connectivity index (χ1n) is 12.8. The van der Waals surface area contributed by atoms with E-state index in [-0.39, 0.29) is 5.75 Å². The van der Waals surface area contributed by atoms with Crippen molar-refractivity contribution in [1.29, 1.82) is 0 Å². The van der Waals surface area contributed by atoms with Crippen LogP contribution in [0.25, 0.3) is 22.1 Å². The minimum atomic E-state index is 0.253. The lowest BCUT2D eigenvalue weighted by molar-refractivity contribution is 0.183. The first-order valence-corrected chi connectivity index (χ1v) is 13.2. The molecule has 5 rings (SSSR count). The van der Waals surface area contributed by atoms with Crippen molar-refractivity contribution >= 4 is 33.7 Å². The van der Waals surface area contributed by atoms with E-state index < -0.39 is 0 Å². The number of benzene rings is 3. The molecule has 0 radical (unpaired) electrons. The Balaban J connectivity index is 1.46. The number of fused-ring (bicyclic) bond motifs is 1. The summed E-state index contributed by atoms with van der Waals surface area (Å²) in [6.07, 6.45) is 4.77. The number of phenolic OH excluding ortho intramolecular Hbond substituents is 1. The Bertz CT molecular complexity index is 1330. The van der Waals surface area contributed by atoms with Gasteiger partial charge in [-0.3, -0.25) is 4.90 Å². The van der Waals surface area contributed by atoms with Gasteiger partial charge in [-0.2, -0.15) is 0 Å². The van der Waals surface area contributed by atoms with Crippen LogP contribution in [-0.2, 0) is 0 Å². The second-order valence-corrected chi connectivity index (χ2v) is 9.70. The van der Waals surface area contributed by atoms with Crippen LogP contribution in [0.5, 0.6) is 11.5 Å². The number of likely N-dealkylation sites (tertiary alicyclic amines) is 1. The number of hydrogen-bond donors (Lipinski definition) is 1. The zero-order valence-corrected chi connectivity index (χ0v) is 21.4. The van der Waals surface area contributed by atoms with Gasteiger partial charge in [0.05, 0.1) is 0 Å². The molecule has 0 spiro atoms. The molecule has 0 saturated carbocycles. The highest BCUT2D eigenvalue weighted by molar-refractivity contribution is 6.29. The number of furan rings is 1. The highest BCUT2D eigenvalue weighted by Gasteiger charge is 2.15. The summed E-state index contributed by atoms with van der Waals surface area (Å²) in [6.45, 7) is 6.20. The normalized spacial score (nSPS) is 15.2. The molecule has 0 aliphatic carbocycles. The third-order valence-corrected chi connectivity index (χ3v) is 7.10. The van der Waals surface area contributed by atoms with Crippen molar-refractivity contribution in [2.75, 3.05) is 26.2 Å². The van der Waals surface area contributed by atoms with Crippen LogP contribution in [0.15, 0.2) is 77.2 Å². The molecular weight excluding hydrogens is 470 g/mol. The van der Waals surface area contributed by atoms with Crippen molar-refractivity contribution in [3.8, 4) is 11.5 Å². The molecule has 1 aliphatic heterocycles. The van der Waals surface area contributed by atoms with E-state index in [0.717, 1.165) is 51.9 Å². The van der Waals surface area contributed by atoms with Crippen LogP contribution in [0.4, 0.5) is 0 Å². The zero-order chi connectivity index (χ0) is 24.9. The molecule has 1 aromatic heterocycles. The van der Waals surface area contributed by atoms with Crippen molar-refractivity contribution in [3.63, 3.8) is 0 Å². The van der Waals surface area contributed by atoms with Gasteiger partial charge in [-0.1, -0.05) is 43.7 Å². The molecule has 0 amide bonds. The Morgan fingerprint density at radius 2 is 1.56 bits per heavy atom. The van der Waals surface area contributed by atoms with Crippen molar-refractivity contribution < 1.29 is 14.3 Å².